The zero-order valence-electron chi connectivity index (χ0n) is 11.1. The summed E-state index contributed by atoms with van der Waals surface area (Å²) in [7, 11) is 0. The molecule has 19 heavy (non-hydrogen) atoms. The second kappa shape index (κ2) is 5.45. The molecule has 0 fully saturated rings. The number of phenols is 1. The summed E-state index contributed by atoms with van der Waals surface area (Å²) >= 11 is 0. The number of aromatic hydroxyl groups is 1. The Morgan fingerprint density at radius 3 is 2.63 bits per heavy atom. The summed E-state index contributed by atoms with van der Waals surface area (Å²) in [6.07, 6.45) is 0. The van der Waals surface area contributed by atoms with Gasteiger partial charge in [-0.05, 0) is 37.1 Å². The first-order valence-electron chi connectivity index (χ1n) is 6.14. The van der Waals surface area contributed by atoms with Crippen LogP contribution in [-0.4, -0.2) is 5.11 Å². The number of hydrogen-bond acceptors (Lipinski definition) is 3. The maximum absolute atomic E-state index is 9.89. The van der Waals surface area contributed by atoms with E-state index in [4.69, 9.17) is 5.26 Å². The molecule has 0 saturated heterocycles. The number of hydrogen-bond donors (Lipinski definition) is 2. The van der Waals surface area contributed by atoms with Crippen LogP contribution < -0.4 is 5.32 Å². The molecule has 0 heterocycles. The van der Waals surface area contributed by atoms with Crippen LogP contribution in [0.3, 0.4) is 0 Å². The summed E-state index contributed by atoms with van der Waals surface area (Å²) in [5.41, 5.74) is 4.19. The minimum Gasteiger partial charge on any atom is -0.507 e. The van der Waals surface area contributed by atoms with Gasteiger partial charge in [-0.3, -0.25) is 0 Å². The van der Waals surface area contributed by atoms with Gasteiger partial charge in [0.25, 0.3) is 0 Å². The lowest BCUT2D eigenvalue weighted by Crippen LogP contribution is -2.03. The lowest BCUT2D eigenvalue weighted by atomic mass is 10.1. The first kappa shape index (κ1) is 13.0. The normalized spacial score (nSPS) is 9.95. The number of aryl methyl sites for hydroxylation is 1. The van der Waals surface area contributed by atoms with Gasteiger partial charge < -0.3 is 10.4 Å². The summed E-state index contributed by atoms with van der Waals surface area (Å²) in [5, 5.41) is 22.2. The quantitative estimate of drug-likeness (QED) is 0.879. The highest BCUT2D eigenvalue weighted by Crippen LogP contribution is 2.28. The molecule has 0 unspecified atom stereocenters. The minimum absolute atomic E-state index is 0.318. The molecule has 0 aliphatic carbocycles. The fourth-order valence-electron chi connectivity index (χ4n) is 2.00. The van der Waals surface area contributed by atoms with Gasteiger partial charge in [-0.15, -0.1) is 0 Å². The summed E-state index contributed by atoms with van der Waals surface area (Å²) in [6.45, 7) is 4.31. The number of rotatable bonds is 3. The highest BCUT2D eigenvalue weighted by Gasteiger charge is 2.06. The molecule has 0 amide bonds. The molecule has 2 aromatic carbocycles. The van der Waals surface area contributed by atoms with Crippen molar-refractivity contribution in [1.82, 2.24) is 0 Å². The first-order valence-corrected chi connectivity index (χ1v) is 6.14. The highest BCUT2D eigenvalue weighted by molar-refractivity contribution is 5.59. The van der Waals surface area contributed by atoms with Crippen LogP contribution in [0.1, 0.15) is 22.3 Å². The average Bonchev–Trinajstić information content (AvgIpc) is 2.44. The van der Waals surface area contributed by atoms with Crippen molar-refractivity contribution >= 4 is 5.69 Å². The summed E-state index contributed by atoms with van der Waals surface area (Å²) in [6, 6.07) is 13.5. The zero-order valence-corrected chi connectivity index (χ0v) is 11.1. The Bertz CT molecular complexity index is 642. The van der Waals surface area contributed by atoms with E-state index in [1.54, 1.807) is 6.07 Å². The van der Waals surface area contributed by atoms with Gasteiger partial charge in [-0.25, -0.2) is 0 Å². The molecule has 0 bridgehead atoms. The van der Waals surface area contributed by atoms with Crippen LogP contribution in [0.25, 0.3) is 0 Å². The van der Waals surface area contributed by atoms with Crippen LogP contribution >= 0.6 is 0 Å². The number of nitriles is 1. The number of anilines is 1. The van der Waals surface area contributed by atoms with Crippen molar-refractivity contribution < 1.29 is 5.11 Å². The highest BCUT2D eigenvalue weighted by atomic mass is 16.3. The smallest absolute Gasteiger partial charge is 0.123 e. The Morgan fingerprint density at radius 2 is 1.89 bits per heavy atom. The van der Waals surface area contributed by atoms with Gasteiger partial charge in [0, 0.05) is 17.8 Å². The fraction of sp³-hybridized carbons (Fsp3) is 0.188. The molecule has 2 aromatic rings. The van der Waals surface area contributed by atoms with E-state index in [2.05, 4.69) is 11.4 Å². The Hall–Kier alpha value is -2.47. The van der Waals surface area contributed by atoms with Gasteiger partial charge in [0.2, 0.25) is 0 Å². The van der Waals surface area contributed by atoms with Crippen LogP contribution in [0, 0.1) is 25.2 Å². The zero-order chi connectivity index (χ0) is 13.8. The number of benzene rings is 2. The third-order valence-electron chi connectivity index (χ3n) is 3.24. The van der Waals surface area contributed by atoms with Crippen LogP contribution in [0.5, 0.6) is 5.75 Å². The second-order valence-corrected chi connectivity index (χ2v) is 4.53. The molecule has 0 atom stereocenters. The third kappa shape index (κ3) is 2.69. The van der Waals surface area contributed by atoms with Crippen molar-refractivity contribution in [2.24, 2.45) is 0 Å². The lowest BCUT2D eigenvalue weighted by molar-refractivity contribution is 0.467. The predicted molar refractivity (Wildman–Crippen MR) is 76.1 cm³/mol. The molecule has 0 spiro atoms. The standard InChI is InChI=1S/C16H16N2O/c1-11-7-8-15(12(2)16(11)19)18-10-14-6-4-3-5-13(14)9-17/h3-8,18-19H,10H2,1-2H3. The Balaban J connectivity index is 2.20. The number of phenolic OH excluding ortho intramolecular Hbond substituents is 1. The number of nitrogens with one attached hydrogen (secondary N) is 1. The van der Waals surface area contributed by atoms with Gasteiger partial charge in [0.15, 0.2) is 0 Å². The van der Waals surface area contributed by atoms with E-state index in [1.165, 1.54) is 0 Å². The summed E-state index contributed by atoms with van der Waals surface area (Å²) < 4.78 is 0. The fourth-order valence-corrected chi connectivity index (χ4v) is 2.00. The first-order chi connectivity index (χ1) is 9.13. The van der Waals surface area contributed by atoms with Crippen molar-refractivity contribution in [3.05, 3.63) is 58.7 Å². The maximum Gasteiger partial charge on any atom is 0.123 e. The molecule has 0 aliphatic rings. The van der Waals surface area contributed by atoms with Gasteiger partial charge in [0.1, 0.15) is 5.75 Å². The van der Waals surface area contributed by atoms with E-state index < -0.39 is 0 Å². The van der Waals surface area contributed by atoms with Crippen molar-refractivity contribution in [2.45, 2.75) is 20.4 Å². The van der Waals surface area contributed by atoms with Gasteiger partial charge in [-0.2, -0.15) is 5.26 Å². The van der Waals surface area contributed by atoms with E-state index in [0.717, 1.165) is 22.4 Å². The van der Waals surface area contributed by atoms with Crippen molar-refractivity contribution in [3.63, 3.8) is 0 Å². The van der Waals surface area contributed by atoms with E-state index in [9.17, 15) is 5.11 Å². The molecule has 0 saturated carbocycles. The van der Waals surface area contributed by atoms with Crippen LogP contribution in [-0.2, 0) is 6.54 Å². The van der Waals surface area contributed by atoms with Crippen LogP contribution in [0.2, 0.25) is 0 Å². The Morgan fingerprint density at radius 1 is 1.16 bits per heavy atom. The topological polar surface area (TPSA) is 56.0 Å². The Kier molecular flexibility index (Phi) is 3.72. The molecule has 3 heteroatoms. The molecular weight excluding hydrogens is 236 g/mol. The molecule has 0 aliphatic heterocycles. The average molecular weight is 252 g/mol. The monoisotopic (exact) mass is 252 g/mol. The van der Waals surface area contributed by atoms with E-state index in [-0.39, 0.29) is 0 Å². The Labute approximate surface area is 113 Å². The SMILES string of the molecule is Cc1ccc(NCc2ccccc2C#N)c(C)c1O. The molecule has 2 rings (SSSR count). The molecule has 2 N–H and O–H groups in total. The predicted octanol–water partition coefficient (Wildman–Crippen LogP) is 3.49. The van der Waals surface area contributed by atoms with Crippen molar-refractivity contribution in [2.75, 3.05) is 5.32 Å². The molecule has 3 nitrogen and oxygen atoms in total. The number of nitrogens with zero attached hydrogens (tertiary/aromatic N) is 1. The van der Waals surface area contributed by atoms with E-state index in [1.807, 2.05) is 44.2 Å². The largest absolute Gasteiger partial charge is 0.507 e. The van der Waals surface area contributed by atoms with Crippen molar-refractivity contribution in [1.29, 1.82) is 5.26 Å². The van der Waals surface area contributed by atoms with E-state index in [0.29, 0.717) is 17.9 Å². The summed E-state index contributed by atoms with van der Waals surface area (Å²) in [4.78, 5) is 0. The lowest BCUT2D eigenvalue weighted by Gasteiger charge is -2.13. The van der Waals surface area contributed by atoms with Crippen LogP contribution in [0.4, 0.5) is 5.69 Å². The maximum atomic E-state index is 9.89. The minimum atomic E-state index is 0.318. The van der Waals surface area contributed by atoms with Gasteiger partial charge >= 0.3 is 0 Å². The molecule has 0 aromatic heterocycles. The van der Waals surface area contributed by atoms with Gasteiger partial charge in [-0.1, -0.05) is 24.3 Å². The third-order valence-corrected chi connectivity index (χ3v) is 3.24. The van der Waals surface area contributed by atoms with Crippen molar-refractivity contribution in [3.8, 4) is 11.8 Å². The van der Waals surface area contributed by atoms with Gasteiger partial charge in [0.05, 0.1) is 11.6 Å². The molecular formula is C16H16N2O. The molecule has 0 radical (unpaired) electrons. The molecule has 96 valence electrons. The van der Waals surface area contributed by atoms with Crippen LogP contribution in [0.15, 0.2) is 36.4 Å². The summed E-state index contributed by atoms with van der Waals surface area (Å²) in [5.74, 6) is 0.318. The van der Waals surface area contributed by atoms with E-state index >= 15 is 0 Å². The second-order valence-electron chi connectivity index (χ2n) is 4.53.